The summed E-state index contributed by atoms with van der Waals surface area (Å²) in [5, 5.41) is 1.63. The Labute approximate surface area is 129 Å². The second-order valence-electron chi connectivity index (χ2n) is 5.58. The normalized spacial score (nSPS) is 29.9. The topological polar surface area (TPSA) is 0 Å². The summed E-state index contributed by atoms with van der Waals surface area (Å²) in [6, 6.07) is 11.3. The van der Waals surface area contributed by atoms with E-state index in [9.17, 15) is 0 Å². The van der Waals surface area contributed by atoms with E-state index in [2.05, 4.69) is 49.9 Å². The summed E-state index contributed by atoms with van der Waals surface area (Å²) in [7, 11) is 1.51. The van der Waals surface area contributed by atoms with Gasteiger partial charge in [0, 0.05) is 0 Å². The van der Waals surface area contributed by atoms with E-state index in [0.717, 1.165) is 5.66 Å². The minimum atomic E-state index is 0.0844. The quantitative estimate of drug-likeness (QED) is 0.546. The van der Waals surface area contributed by atoms with E-state index in [1.165, 1.54) is 52.0 Å². The molecule has 0 amide bonds. The highest BCUT2D eigenvalue weighted by atomic mass is 31.1. The van der Waals surface area contributed by atoms with Gasteiger partial charge in [0.1, 0.15) is 0 Å². The van der Waals surface area contributed by atoms with Gasteiger partial charge in [-0.05, 0) is 54.4 Å². The zero-order chi connectivity index (χ0) is 14.2. The second kappa shape index (κ2) is 9.30. The second-order valence-corrected chi connectivity index (χ2v) is 12.5. The Hall–Kier alpha value is 0.250. The maximum absolute atomic E-state index is 3.95. The van der Waals surface area contributed by atoms with Gasteiger partial charge >= 0.3 is 0 Å². The molecule has 4 unspecified atom stereocenters. The van der Waals surface area contributed by atoms with Crippen LogP contribution in [-0.2, 0) is 0 Å². The van der Waals surface area contributed by atoms with Gasteiger partial charge in [0.25, 0.3) is 0 Å². The molecule has 1 aromatic carbocycles. The van der Waals surface area contributed by atoms with Gasteiger partial charge in [-0.15, -0.1) is 23.1 Å². The lowest BCUT2D eigenvalue weighted by atomic mass is 10.4. The smallest absolute Gasteiger partial charge is 0.0147 e. The van der Waals surface area contributed by atoms with Crippen molar-refractivity contribution in [2.24, 2.45) is 0 Å². The molecule has 1 heterocycles. The minimum absolute atomic E-state index is 0.0844. The molecule has 3 heteroatoms. The van der Waals surface area contributed by atoms with Crippen LogP contribution in [0.4, 0.5) is 0 Å². The van der Waals surface area contributed by atoms with Crippen molar-refractivity contribution in [3.8, 4) is 0 Å². The fourth-order valence-corrected chi connectivity index (χ4v) is 10.5. The summed E-state index contributed by atoms with van der Waals surface area (Å²) in [6.45, 7) is 6.43. The summed E-state index contributed by atoms with van der Waals surface area (Å²) < 4.78 is 0. The summed E-state index contributed by atoms with van der Waals surface area (Å²) in [5.41, 5.74) is 0.931. The predicted molar refractivity (Wildman–Crippen MR) is 102 cm³/mol. The number of hydrogen-bond acceptors (Lipinski definition) is 0. The van der Waals surface area contributed by atoms with E-state index < -0.39 is 0 Å². The van der Waals surface area contributed by atoms with Gasteiger partial charge in [-0.3, -0.25) is 0 Å². The van der Waals surface area contributed by atoms with Crippen LogP contribution >= 0.6 is 24.4 Å². The monoisotopic (exact) mass is 324 g/mol. The fourth-order valence-electron chi connectivity index (χ4n) is 2.79. The van der Waals surface area contributed by atoms with Crippen molar-refractivity contribution in [1.82, 2.24) is 0 Å². The van der Waals surface area contributed by atoms with Crippen LogP contribution in [0.5, 0.6) is 0 Å². The molecule has 0 bridgehead atoms. The maximum Gasteiger partial charge on any atom is -0.0147 e. The van der Waals surface area contributed by atoms with Crippen LogP contribution in [0.1, 0.15) is 13.3 Å². The van der Waals surface area contributed by atoms with Crippen molar-refractivity contribution in [2.75, 3.05) is 37.0 Å². The summed E-state index contributed by atoms with van der Waals surface area (Å²) in [6.07, 6.45) is 12.2. The van der Waals surface area contributed by atoms with Crippen LogP contribution in [0.25, 0.3) is 0 Å². The number of rotatable bonds is 3. The lowest BCUT2D eigenvalue weighted by Crippen LogP contribution is -2.14. The Morgan fingerprint density at radius 3 is 2.80 bits per heavy atom. The zero-order valence-corrected chi connectivity index (χ0v) is 15.4. The largest absolute Gasteiger partial charge is 0.118 e. The van der Waals surface area contributed by atoms with E-state index in [1.807, 2.05) is 0 Å². The first kappa shape index (κ1) is 16.6. The molecule has 1 saturated heterocycles. The van der Waals surface area contributed by atoms with Gasteiger partial charge < -0.3 is 0 Å². The lowest BCUT2D eigenvalue weighted by Gasteiger charge is -2.26. The third kappa shape index (κ3) is 5.56. The molecule has 4 atom stereocenters. The van der Waals surface area contributed by atoms with Gasteiger partial charge in [-0.2, -0.15) is 0 Å². The van der Waals surface area contributed by atoms with E-state index >= 15 is 0 Å². The number of allylic oxidation sites excluding steroid dienone is 1. The standard InChI is InChI=1S/C17H27P3/c1-3-11-19-12-7-13-20(15-16(2)18-10-14-19)17-8-5-4-6-9-17/h3-6,8-9,16,18H,1,7,10-15H2,2H3. The first-order chi connectivity index (χ1) is 9.79. The third-order valence-electron chi connectivity index (χ3n) is 3.83. The van der Waals surface area contributed by atoms with Crippen LogP contribution in [0.2, 0.25) is 0 Å². The Morgan fingerprint density at radius 2 is 2.05 bits per heavy atom. The number of benzene rings is 1. The Morgan fingerprint density at radius 1 is 1.25 bits per heavy atom. The molecular formula is C17H27P3. The van der Waals surface area contributed by atoms with Crippen LogP contribution in [0, 0.1) is 0 Å². The fraction of sp³-hybridized carbons (Fsp3) is 0.529. The van der Waals surface area contributed by atoms with Crippen molar-refractivity contribution in [2.45, 2.75) is 19.0 Å². The van der Waals surface area contributed by atoms with Crippen molar-refractivity contribution in [3.63, 3.8) is 0 Å². The molecule has 110 valence electrons. The van der Waals surface area contributed by atoms with Gasteiger partial charge in [0.15, 0.2) is 0 Å². The molecule has 0 aliphatic carbocycles. The van der Waals surface area contributed by atoms with E-state index in [0.29, 0.717) is 0 Å². The lowest BCUT2D eigenvalue weighted by molar-refractivity contribution is 1.06. The minimum Gasteiger partial charge on any atom is -0.118 e. The summed E-state index contributed by atoms with van der Waals surface area (Å²) in [4.78, 5) is 0. The predicted octanol–water partition coefficient (Wildman–Crippen LogP) is 4.93. The Kier molecular flexibility index (Phi) is 7.73. The molecule has 0 saturated carbocycles. The molecule has 2 rings (SSSR count). The van der Waals surface area contributed by atoms with Gasteiger partial charge in [0.05, 0.1) is 0 Å². The van der Waals surface area contributed by atoms with Crippen LogP contribution in [0.15, 0.2) is 43.0 Å². The molecule has 0 spiro atoms. The van der Waals surface area contributed by atoms with E-state index in [-0.39, 0.29) is 15.8 Å². The van der Waals surface area contributed by atoms with E-state index in [4.69, 9.17) is 0 Å². The Bertz CT molecular complexity index is 390. The molecule has 0 N–H and O–H groups in total. The first-order valence-corrected chi connectivity index (χ1v) is 12.6. The average molecular weight is 324 g/mol. The van der Waals surface area contributed by atoms with E-state index in [1.54, 1.807) is 5.30 Å². The molecule has 1 aliphatic rings. The van der Waals surface area contributed by atoms with Crippen LogP contribution in [-0.4, -0.2) is 42.6 Å². The molecule has 0 aromatic heterocycles. The third-order valence-corrected chi connectivity index (χ3v) is 11.5. The van der Waals surface area contributed by atoms with Crippen molar-refractivity contribution >= 4 is 29.7 Å². The molecular weight excluding hydrogens is 297 g/mol. The molecule has 1 fully saturated rings. The Balaban J connectivity index is 2.00. The molecule has 1 aromatic rings. The SMILES string of the molecule is C=CCP1CCCP(c2ccccc2)CC(C)PCC1. The highest BCUT2D eigenvalue weighted by Gasteiger charge is 2.18. The first-order valence-electron chi connectivity index (χ1n) is 7.66. The molecule has 0 radical (unpaired) electrons. The maximum atomic E-state index is 3.95. The number of hydrogen-bond donors (Lipinski definition) is 0. The van der Waals surface area contributed by atoms with Crippen LogP contribution in [0.3, 0.4) is 0 Å². The summed E-state index contributed by atoms with van der Waals surface area (Å²) in [5.74, 6) is 0. The van der Waals surface area contributed by atoms with Crippen LogP contribution < -0.4 is 5.30 Å². The van der Waals surface area contributed by atoms with Crippen molar-refractivity contribution in [1.29, 1.82) is 0 Å². The van der Waals surface area contributed by atoms with Gasteiger partial charge in [-0.1, -0.05) is 51.3 Å². The summed E-state index contributed by atoms with van der Waals surface area (Å²) >= 11 is 0. The van der Waals surface area contributed by atoms with Gasteiger partial charge in [-0.25, -0.2) is 0 Å². The van der Waals surface area contributed by atoms with Crippen molar-refractivity contribution < 1.29 is 0 Å². The average Bonchev–Trinajstić information content (AvgIpc) is 2.47. The highest BCUT2D eigenvalue weighted by Crippen LogP contribution is 2.45. The highest BCUT2D eigenvalue weighted by molar-refractivity contribution is 7.66. The zero-order valence-electron chi connectivity index (χ0n) is 12.6. The molecule has 0 nitrogen and oxygen atoms in total. The molecule has 1 aliphatic heterocycles. The molecule has 20 heavy (non-hydrogen) atoms. The van der Waals surface area contributed by atoms with Gasteiger partial charge in [0.2, 0.25) is 0 Å². The van der Waals surface area contributed by atoms with Crippen molar-refractivity contribution in [3.05, 3.63) is 43.0 Å².